The lowest BCUT2D eigenvalue weighted by atomic mass is 9.96. The molecule has 4 rings (SSSR count). The van der Waals surface area contributed by atoms with Crippen molar-refractivity contribution >= 4 is 34.7 Å². The van der Waals surface area contributed by atoms with Crippen molar-refractivity contribution in [1.82, 2.24) is 25.9 Å². The molecule has 3 heterocycles. The van der Waals surface area contributed by atoms with Gasteiger partial charge < -0.3 is 31.1 Å². The van der Waals surface area contributed by atoms with Crippen LogP contribution in [0, 0.1) is 5.82 Å². The SMILES string of the molecule is C[C@H](NC(=O)[C@H]1C[C@H](c2ccccc2)CN1)C(=O)NCc1[nH]c2ccncc2c1F.O=C(O)C(F)(F)F.O=C(O)C(F)(F)F. The quantitative estimate of drug-likeness (QED) is 0.224. The van der Waals surface area contributed by atoms with Crippen LogP contribution in [0.25, 0.3) is 10.9 Å². The van der Waals surface area contributed by atoms with E-state index in [1.54, 1.807) is 19.2 Å². The number of alkyl halides is 6. The van der Waals surface area contributed by atoms with Crippen LogP contribution in [0.5, 0.6) is 0 Å². The second kappa shape index (κ2) is 15.1. The lowest BCUT2D eigenvalue weighted by Crippen LogP contribution is -2.50. The zero-order chi connectivity index (χ0) is 33.2. The summed E-state index contributed by atoms with van der Waals surface area (Å²) >= 11 is 0. The van der Waals surface area contributed by atoms with Gasteiger partial charge in [-0.1, -0.05) is 30.3 Å². The molecule has 1 aromatic carbocycles. The molecule has 0 radical (unpaired) electrons. The molecule has 3 atom stereocenters. The second-order valence-corrected chi connectivity index (χ2v) is 9.20. The first-order valence-corrected chi connectivity index (χ1v) is 12.5. The van der Waals surface area contributed by atoms with Crippen LogP contribution >= 0.6 is 0 Å². The van der Waals surface area contributed by atoms with Gasteiger partial charge in [0.15, 0.2) is 5.82 Å². The summed E-state index contributed by atoms with van der Waals surface area (Å²) < 4.78 is 77.8. The number of aliphatic carboxylic acids is 2. The number of carbonyl (C=O) groups excluding carboxylic acids is 2. The van der Waals surface area contributed by atoms with Crippen LogP contribution in [0.2, 0.25) is 0 Å². The summed E-state index contributed by atoms with van der Waals surface area (Å²) in [7, 11) is 0. The van der Waals surface area contributed by atoms with E-state index >= 15 is 0 Å². The second-order valence-electron chi connectivity index (χ2n) is 9.20. The van der Waals surface area contributed by atoms with Crippen molar-refractivity contribution in [2.75, 3.05) is 6.54 Å². The Labute approximate surface area is 243 Å². The summed E-state index contributed by atoms with van der Waals surface area (Å²) in [6.45, 7) is 2.33. The van der Waals surface area contributed by atoms with Gasteiger partial charge in [-0.15, -0.1) is 0 Å². The lowest BCUT2D eigenvalue weighted by Gasteiger charge is -2.17. The number of amides is 2. The molecule has 0 aliphatic carbocycles. The number of nitrogens with zero attached hydrogens (tertiary/aromatic N) is 1. The molecular weight excluding hydrogens is 611 g/mol. The number of benzene rings is 1. The monoisotopic (exact) mass is 637 g/mol. The predicted octanol–water partition coefficient (Wildman–Crippen LogP) is 3.24. The van der Waals surface area contributed by atoms with Gasteiger partial charge in [0, 0.05) is 18.9 Å². The highest BCUT2D eigenvalue weighted by Crippen LogP contribution is 2.25. The van der Waals surface area contributed by atoms with Crippen molar-refractivity contribution < 1.29 is 60.1 Å². The maximum atomic E-state index is 14.4. The average Bonchev–Trinajstić information content (AvgIpc) is 3.57. The summed E-state index contributed by atoms with van der Waals surface area (Å²) in [5.74, 6) is -6.26. The molecule has 6 N–H and O–H groups in total. The van der Waals surface area contributed by atoms with E-state index in [-0.39, 0.29) is 36.0 Å². The fourth-order valence-electron chi connectivity index (χ4n) is 3.80. The first kappa shape index (κ1) is 35.5. The molecule has 1 fully saturated rings. The zero-order valence-electron chi connectivity index (χ0n) is 22.6. The van der Waals surface area contributed by atoms with E-state index in [2.05, 4.69) is 38.1 Å². The highest BCUT2D eigenvalue weighted by atomic mass is 19.4. The molecule has 1 aliphatic rings. The summed E-state index contributed by atoms with van der Waals surface area (Å²) in [5.41, 5.74) is 2.09. The smallest absolute Gasteiger partial charge is 0.475 e. The molecule has 1 saturated heterocycles. The number of carbonyl (C=O) groups is 4. The fourth-order valence-corrected chi connectivity index (χ4v) is 3.80. The van der Waals surface area contributed by atoms with E-state index in [0.717, 1.165) is 6.54 Å². The summed E-state index contributed by atoms with van der Waals surface area (Å²) in [6.07, 6.45) is -6.48. The minimum absolute atomic E-state index is 0.00266. The number of carboxylic acids is 2. The Bertz CT molecular complexity index is 1420. The Balaban J connectivity index is 0.000000402. The number of pyridine rings is 1. The van der Waals surface area contributed by atoms with E-state index in [9.17, 15) is 40.3 Å². The van der Waals surface area contributed by atoms with Crippen LogP contribution in [-0.4, -0.2) is 74.9 Å². The topological polar surface area (TPSA) is 174 Å². The van der Waals surface area contributed by atoms with Gasteiger partial charge in [-0.3, -0.25) is 14.6 Å². The first-order chi connectivity index (χ1) is 20.4. The molecule has 44 heavy (non-hydrogen) atoms. The van der Waals surface area contributed by atoms with E-state index in [4.69, 9.17) is 19.8 Å². The first-order valence-electron chi connectivity index (χ1n) is 12.5. The largest absolute Gasteiger partial charge is 0.490 e. The Kier molecular flexibility index (Phi) is 12.2. The molecule has 0 unspecified atom stereocenters. The van der Waals surface area contributed by atoms with Crippen LogP contribution in [0.1, 0.15) is 30.5 Å². The Morgan fingerprint density at radius 1 is 1.00 bits per heavy atom. The number of fused-ring (bicyclic) bond motifs is 1. The summed E-state index contributed by atoms with van der Waals surface area (Å²) in [4.78, 5) is 49.6. The fraction of sp³-hybridized carbons (Fsp3) is 0.346. The van der Waals surface area contributed by atoms with Gasteiger partial charge in [-0.2, -0.15) is 26.3 Å². The number of nitrogens with one attached hydrogen (secondary N) is 4. The maximum Gasteiger partial charge on any atom is 0.490 e. The van der Waals surface area contributed by atoms with E-state index in [1.807, 2.05) is 18.2 Å². The van der Waals surface area contributed by atoms with E-state index < -0.39 is 36.2 Å². The minimum Gasteiger partial charge on any atom is -0.475 e. The Morgan fingerprint density at radius 3 is 2.09 bits per heavy atom. The number of H-pyrrole nitrogens is 1. The average molecular weight is 638 g/mol. The van der Waals surface area contributed by atoms with Crippen molar-refractivity contribution in [3.8, 4) is 0 Å². The van der Waals surface area contributed by atoms with E-state index in [1.165, 1.54) is 11.8 Å². The molecule has 2 aromatic heterocycles. The van der Waals surface area contributed by atoms with Crippen molar-refractivity contribution in [2.24, 2.45) is 0 Å². The van der Waals surface area contributed by atoms with Gasteiger partial charge >= 0.3 is 24.3 Å². The van der Waals surface area contributed by atoms with Crippen LogP contribution in [0.4, 0.5) is 30.7 Å². The summed E-state index contributed by atoms with van der Waals surface area (Å²) in [5, 5.41) is 23.3. The highest BCUT2D eigenvalue weighted by Gasteiger charge is 2.39. The normalized spacial score (nSPS) is 16.9. The van der Waals surface area contributed by atoms with Gasteiger partial charge in [0.05, 0.1) is 29.2 Å². The number of halogens is 7. The number of hydrogen-bond donors (Lipinski definition) is 6. The third-order valence-corrected chi connectivity index (χ3v) is 6.00. The number of rotatable bonds is 6. The van der Waals surface area contributed by atoms with Crippen molar-refractivity contribution in [2.45, 2.75) is 50.2 Å². The molecule has 2 amide bonds. The summed E-state index contributed by atoms with van der Waals surface area (Å²) in [6, 6.07) is 10.7. The molecule has 11 nitrogen and oxygen atoms in total. The third kappa shape index (κ3) is 10.5. The lowest BCUT2D eigenvalue weighted by molar-refractivity contribution is -0.193. The van der Waals surface area contributed by atoms with Crippen LogP contribution in [0.3, 0.4) is 0 Å². The maximum absolute atomic E-state index is 14.4. The minimum atomic E-state index is -5.08. The van der Waals surface area contributed by atoms with Crippen molar-refractivity contribution in [3.05, 3.63) is 65.9 Å². The molecule has 0 spiro atoms. The third-order valence-electron chi connectivity index (χ3n) is 6.00. The zero-order valence-corrected chi connectivity index (χ0v) is 22.6. The molecular formula is C26H26F7N5O6. The molecule has 1 aliphatic heterocycles. The van der Waals surface area contributed by atoms with Crippen LogP contribution < -0.4 is 16.0 Å². The number of hydrogen-bond acceptors (Lipinski definition) is 6. The number of aromatic nitrogens is 2. The molecule has 240 valence electrons. The molecule has 0 bridgehead atoms. The van der Waals surface area contributed by atoms with Crippen molar-refractivity contribution in [1.29, 1.82) is 0 Å². The molecule has 0 saturated carbocycles. The van der Waals surface area contributed by atoms with Gasteiger partial charge in [-0.25, -0.2) is 14.0 Å². The molecule has 3 aromatic rings. The van der Waals surface area contributed by atoms with Gasteiger partial charge in [0.2, 0.25) is 11.8 Å². The van der Waals surface area contributed by atoms with Gasteiger partial charge in [-0.05, 0) is 30.9 Å². The van der Waals surface area contributed by atoms with Gasteiger partial charge in [0.25, 0.3) is 0 Å². The van der Waals surface area contributed by atoms with Crippen LogP contribution in [0.15, 0.2) is 48.8 Å². The Hall–Kier alpha value is -4.74. The standard InChI is InChI=1S/C22H24FN5O2.2C2HF3O2/c1-13(21(29)26-12-19-20(23)16-11-24-8-7-17(16)28-19)27-22(30)18-9-15(10-25-18)14-5-3-2-4-6-14;2*3-2(4,5)1(6)7/h2-8,11,13,15,18,25,28H,9-10,12H2,1H3,(H,26,29)(H,27,30);2*(H,6,7)/t13-,15-,18+;;/m0../s1. The predicted molar refractivity (Wildman–Crippen MR) is 138 cm³/mol. The highest BCUT2D eigenvalue weighted by molar-refractivity contribution is 5.90. The number of carboxylic acid groups (broad SMARTS) is 2. The van der Waals surface area contributed by atoms with Crippen LogP contribution in [-0.2, 0) is 25.7 Å². The van der Waals surface area contributed by atoms with E-state index in [0.29, 0.717) is 17.3 Å². The van der Waals surface area contributed by atoms with Crippen molar-refractivity contribution in [3.63, 3.8) is 0 Å². The Morgan fingerprint density at radius 2 is 1.57 bits per heavy atom. The molecule has 18 heteroatoms. The number of aromatic amines is 1. The van der Waals surface area contributed by atoms with Gasteiger partial charge in [0.1, 0.15) is 6.04 Å².